The van der Waals surface area contributed by atoms with Gasteiger partial charge >= 0.3 is 0 Å². The van der Waals surface area contributed by atoms with Crippen LogP contribution >= 0.6 is 11.5 Å². The number of allylic oxidation sites excluding steroid dienone is 1. The van der Waals surface area contributed by atoms with E-state index >= 15 is 0 Å². The molecule has 3 aromatic rings. The Morgan fingerprint density at radius 2 is 2.00 bits per heavy atom. The minimum atomic E-state index is -3.69. The molecule has 4 rings (SSSR count). The van der Waals surface area contributed by atoms with E-state index in [1.165, 1.54) is 4.40 Å². The molecule has 0 aliphatic carbocycles. The molecule has 1 aromatic carbocycles. The molecule has 8 nitrogen and oxygen atoms in total. The van der Waals surface area contributed by atoms with Gasteiger partial charge in [-0.15, -0.1) is 0 Å². The van der Waals surface area contributed by atoms with Gasteiger partial charge in [0.2, 0.25) is 20.0 Å². The number of benzene rings is 1. The molecule has 0 unspecified atom stereocenters. The fraction of sp³-hybridized carbons (Fsp3) is 0.300. The topological polar surface area (TPSA) is 120 Å². The first-order valence-electron chi connectivity index (χ1n) is 9.37. The van der Waals surface area contributed by atoms with Crippen LogP contribution in [0.1, 0.15) is 37.5 Å². The number of aromatic nitrogens is 3. The maximum absolute atomic E-state index is 12.8. The molecule has 30 heavy (non-hydrogen) atoms. The Bertz CT molecular complexity index is 1410. The van der Waals surface area contributed by atoms with Crippen molar-refractivity contribution in [2.75, 3.05) is 11.5 Å². The smallest absolute Gasteiger partial charge is 0.283 e. The van der Waals surface area contributed by atoms with E-state index in [0.717, 1.165) is 39.6 Å². The summed E-state index contributed by atoms with van der Waals surface area (Å²) >= 11 is 0.837. The molecule has 2 aromatic heterocycles. The summed E-state index contributed by atoms with van der Waals surface area (Å²) in [5.41, 5.74) is 10.2. The van der Waals surface area contributed by atoms with Crippen LogP contribution in [0.3, 0.4) is 0 Å². The largest absolute Gasteiger partial charge is 0.384 e. The lowest BCUT2D eigenvalue weighted by atomic mass is 9.99. The Labute approximate surface area is 177 Å². The number of anilines is 1. The van der Waals surface area contributed by atoms with Gasteiger partial charge in [0.05, 0.1) is 17.0 Å². The van der Waals surface area contributed by atoms with Gasteiger partial charge < -0.3 is 5.73 Å². The number of nitrogen functional groups attached to an aromatic ring is 1. The van der Waals surface area contributed by atoms with Gasteiger partial charge in [0, 0.05) is 28.4 Å². The molecule has 0 atom stereocenters. The lowest BCUT2D eigenvalue weighted by Crippen LogP contribution is -2.20. The Hall–Kier alpha value is -2.85. The molecule has 0 saturated carbocycles. The highest BCUT2D eigenvalue weighted by Gasteiger charge is 2.26. The van der Waals surface area contributed by atoms with Gasteiger partial charge in [-0.3, -0.25) is 9.79 Å². The summed E-state index contributed by atoms with van der Waals surface area (Å²) in [6.07, 6.45) is 1.64. The van der Waals surface area contributed by atoms with E-state index < -0.39 is 15.4 Å². The molecule has 1 aliphatic heterocycles. The maximum Gasteiger partial charge on any atom is 0.283 e. The van der Waals surface area contributed by atoms with Crippen molar-refractivity contribution in [1.82, 2.24) is 13.8 Å². The van der Waals surface area contributed by atoms with Crippen LogP contribution in [0.25, 0.3) is 16.6 Å². The summed E-state index contributed by atoms with van der Waals surface area (Å²) in [6, 6.07) is 5.88. The van der Waals surface area contributed by atoms with Crippen molar-refractivity contribution in [2.24, 2.45) is 10.9 Å². The second-order valence-electron chi connectivity index (χ2n) is 7.75. The van der Waals surface area contributed by atoms with Crippen LogP contribution in [0.15, 0.2) is 33.1 Å². The zero-order chi connectivity index (χ0) is 21.8. The highest BCUT2D eigenvalue weighted by molar-refractivity contribution is 7.91. The highest BCUT2D eigenvalue weighted by atomic mass is 32.2. The normalized spacial score (nSPS) is 15.2. The van der Waals surface area contributed by atoms with Crippen molar-refractivity contribution < 1.29 is 8.42 Å². The number of nitrogens with two attached hydrogens (primary N) is 1. The monoisotopic (exact) mass is 443 g/mol. The fourth-order valence-electron chi connectivity index (χ4n) is 3.47. The average Bonchev–Trinajstić information content (AvgIpc) is 3.19. The summed E-state index contributed by atoms with van der Waals surface area (Å²) in [7, 11) is -3.69. The fourth-order valence-corrected chi connectivity index (χ4v) is 6.21. The van der Waals surface area contributed by atoms with Crippen molar-refractivity contribution >= 4 is 55.2 Å². The SMILES string of the molecule is CC1=Nc2ccc(C)cc2C1=Cc1c(N)n2c(S(=O)(=O)CC(C)C)nsc2nc1=O. The van der Waals surface area contributed by atoms with Gasteiger partial charge in [-0.25, -0.2) is 12.8 Å². The maximum atomic E-state index is 12.8. The average molecular weight is 444 g/mol. The van der Waals surface area contributed by atoms with E-state index in [2.05, 4.69) is 14.3 Å². The van der Waals surface area contributed by atoms with Gasteiger partial charge in [0.15, 0.2) is 0 Å². The first-order valence-corrected chi connectivity index (χ1v) is 11.8. The molecule has 156 valence electrons. The summed E-state index contributed by atoms with van der Waals surface area (Å²) in [6.45, 7) is 7.45. The number of hydrogen-bond acceptors (Lipinski definition) is 8. The molecule has 2 N–H and O–H groups in total. The summed E-state index contributed by atoms with van der Waals surface area (Å²) < 4.78 is 30.9. The second kappa shape index (κ2) is 7.13. The van der Waals surface area contributed by atoms with Crippen LogP contribution in [0.5, 0.6) is 0 Å². The molecule has 0 fully saturated rings. The number of rotatable bonds is 4. The zero-order valence-electron chi connectivity index (χ0n) is 17.0. The van der Waals surface area contributed by atoms with Crippen LogP contribution in [-0.2, 0) is 9.84 Å². The number of aryl methyl sites for hydroxylation is 1. The van der Waals surface area contributed by atoms with E-state index in [9.17, 15) is 13.2 Å². The summed E-state index contributed by atoms with van der Waals surface area (Å²) in [4.78, 5) is 21.4. The molecule has 0 spiro atoms. The summed E-state index contributed by atoms with van der Waals surface area (Å²) in [5, 5.41) is -0.186. The molecule has 0 amide bonds. The molecule has 0 radical (unpaired) electrons. The van der Waals surface area contributed by atoms with Crippen molar-refractivity contribution in [3.05, 3.63) is 45.2 Å². The zero-order valence-corrected chi connectivity index (χ0v) is 18.6. The molecule has 10 heteroatoms. The molecule has 1 aliphatic rings. The van der Waals surface area contributed by atoms with Crippen molar-refractivity contribution in [2.45, 2.75) is 32.9 Å². The third-order valence-corrected chi connectivity index (χ3v) is 7.52. The third kappa shape index (κ3) is 3.35. The van der Waals surface area contributed by atoms with Crippen molar-refractivity contribution in [3.8, 4) is 0 Å². The van der Waals surface area contributed by atoms with E-state index in [1.807, 2.05) is 45.9 Å². The predicted molar refractivity (Wildman–Crippen MR) is 120 cm³/mol. The quantitative estimate of drug-likeness (QED) is 0.661. The third-order valence-electron chi connectivity index (χ3n) is 4.77. The Morgan fingerprint density at radius 3 is 2.70 bits per heavy atom. The number of hydrogen-bond donors (Lipinski definition) is 1. The molecule has 3 heterocycles. The predicted octanol–water partition coefficient (Wildman–Crippen LogP) is 3.12. The number of fused-ring (bicyclic) bond motifs is 2. The number of nitrogens with zero attached hydrogens (tertiary/aromatic N) is 4. The Kier molecular flexibility index (Phi) is 4.86. The minimum absolute atomic E-state index is 0.00230. The summed E-state index contributed by atoms with van der Waals surface area (Å²) in [5.74, 6) is -0.159. The van der Waals surface area contributed by atoms with E-state index in [4.69, 9.17) is 5.73 Å². The molecule has 0 saturated heterocycles. The van der Waals surface area contributed by atoms with E-state index in [0.29, 0.717) is 0 Å². The minimum Gasteiger partial charge on any atom is -0.384 e. The second-order valence-corrected chi connectivity index (χ2v) is 10.4. The van der Waals surface area contributed by atoms with Crippen LogP contribution in [0.4, 0.5) is 11.5 Å². The lowest BCUT2D eigenvalue weighted by molar-refractivity contribution is 0.573. The molecular formula is C20H21N5O3S2. The lowest BCUT2D eigenvalue weighted by Gasteiger charge is -2.09. The van der Waals surface area contributed by atoms with Crippen LogP contribution in [0, 0.1) is 12.8 Å². The van der Waals surface area contributed by atoms with Gasteiger partial charge in [-0.2, -0.15) is 9.36 Å². The highest BCUT2D eigenvalue weighted by Crippen LogP contribution is 2.36. The van der Waals surface area contributed by atoms with Gasteiger partial charge in [0.25, 0.3) is 5.56 Å². The van der Waals surface area contributed by atoms with Gasteiger partial charge in [0.1, 0.15) is 5.82 Å². The van der Waals surface area contributed by atoms with E-state index in [-0.39, 0.29) is 33.2 Å². The molecule has 0 bridgehead atoms. The first-order chi connectivity index (χ1) is 14.1. The van der Waals surface area contributed by atoms with Gasteiger partial charge in [-0.05, 0) is 38.0 Å². The first kappa shape index (κ1) is 20.4. The van der Waals surface area contributed by atoms with Crippen LogP contribution in [-0.4, -0.2) is 33.6 Å². The number of aliphatic imine (C=N–C) groups is 1. The van der Waals surface area contributed by atoms with Crippen LogP contribution in [0.2, 0.25) is 0 Å². The molecular weight excluding hydrogens is 422 g/mol. The van der Waals surface area contributed by atoms with E-state index in [1.54, 1.807) is 6.08 Å². The standard InChI is InChI=1S/C20H21N5O3S2/c1-10(2)9-30(27,28)20-24-29-19-23-18(26)15(17(21)25(19)20)8-13-12(4)22-16-6-5-11(3)7-14(13)16/h5-8,10H,9,21H2,1-4H3. The van der Waals surface area contributed by atoms with Crippen LogP contribution < -0.4 is 11.3 Å². The Morgan fingerprint density at radius 1 is 1.27 bits per heavy atom. The van der Waals surface area contributed by atoms with Crippen molar-refractivity contribution in [3.63, 3.8) is 0 Å². The van der Waals surface area contributed by atoms with Gasteiger partial charge in [-0.1, -0.05) is 25.5 Å². The van der Waals surface area contributed by atoms with Crippen molar-refractivity contribution in [1.29, 1.82) is 0 Å². The Balaban J connectivity index is 1.95. The number of sulfone groups is 1.